The van der Waals surface area contributed by atoms with Crippen LogP contribution in [0.25, 0.3) is 0 Å². The van der Waals surface area contributed by atoms with Crippen LogP contribution in [0, 0.1) is 0 Å². The second kappa shape index (κ2) is 6.38. The maximum absolute atomic E-state index is 12.8. The normalized spacial score (nSPS) is 11.1. The second-order valence-corrected chi connectivity index (χ2v) is 3.93. The van der Waals surface area contributed by atoms with Gasteiger partial charge in [-0.3, -0.25) is 9.69 Å². The van der Waals surface area contributed by atoms with E-state index in [-0.39, 0.29) is 13.1 Å². The van der Waals surface area contributed by atoms with Crippen LogP contribution in [0.2, 0.25) is 0 Å². The van der Waals surface area contributed by atoms with Gasteiger partial charge in [-0.15, -0.1) is 0 Å². The van der Waals surface area contributed by atoms with Crippen molar-refractivity contribution in [3.05, 3.63) is 29.8 Å². The third-order valence-corrected chi connectivity index (χ3v) is 2.45. The minimum atomic E-state index is -4.60. The number of carbonyl (C=O) groups is 2. The molecule has 5 nitrogen and oxygen atoms in total. The van der Waals surface area contributed by atoms with Crippen LogP contribution in [0.4, 0.5) is 23.7 Å². The average molecular weight is 289 g/mol. The minimum absolute atomic E-state index is 0.0217. The predicted molar refractivity (Wildman–Crippen MR) is 66.9 cm³/mol. The Morgan fingerprint density at radius 3 is 2.40 bits per heavy atom. The molecule has 0 heterocycles. The maximum Gasteiger partial charge on any atom is 0.418 e. The van der Waals surface area contributed by atoms with E-state index in [0.717, 1.165) is 24.0 Å². The highest BCUT2D eigenvalue weighted by Gasteiger charge is 2.34. The van der Waals surface area contributed by atoms with Crippen molar-refractivity contribution in [3.63, 3.8) is 0 Å². The molecule has 0 atom stereocenters. The molecule has 1 rings (SSSR count). The molecule has 0 aliphatic rings. The van der Waals surface area contributed by atoms with Crippen LogP contribution in [-0.2, 0) is 11.0 Å². The van der Waals surface area contributed by atoms with E-state index in [1.54, 1.807) is 0 Å². The van der Waals surface area contributed by atoms with Crippen LogP contribution in [0.15, 0.2) is 24.3 Å². The van der Waals surface area contributed by atoms with E-state index < -0.39 is 29.4 Å². The Kier molecular flexibility index (Phi) is 5.09. The number of nitrogens with one attached hydrogen (secondary N) is 1. The number of anilines is 1. The summed E-state index contributed by atoms with van der Waals surface area (Å²) in [5, 5.41) is 2.07. The van der Waals surface area contributed by atoms with Gasteiger partial charge in [0.2, 0.25) is 5.91 Å². The first-order valence-corrected chi connectivity index (χ1v) is 5.72. The van der Waals surface area contributed by atoms with Crippen LogP contribution < -0.4 is 11.1 Å². The molecule has 0 bridgehead atoms. The number of para-hydroxylation sites is 1. The summed E-state index contributed by atoms with van der Waals surface area (Å²) >= 11 is 0. The van der Waals surface area contributed by atoms with Gasteiger partial charge in [-0.05, 0) is 12.1 Å². The van der Waals surface area contributed by atoms with Crippen LogP contribution in [-0.4, -0.2) is 29.9 Å². The fourth-order valence-corrected chi connectivity index (χ4v) is 1.55. The predicted octanol–water partition coefficient (Wildman–Crippen LogP) is 2.04. The van der Waals surface area contributed by atoms with Gasteiger partial charge in [0.1, 0.15) is 0 Å². The number of hydrogen-bond acceptors (Lipinski definition) is 3. The molecule has 20 heavy (non-hydrogen) atoms. The van der Waals surface area contributed by atoms with Crippen LogP contribution in [0.1, 0.15) is 12.5 Å². The zero-order valence-electron chi connectivity index (χ0n) is 10.7. The summed E-state index contributed by atoms with van der Waals surface area (Å²) in [5.41, 5.74) is 3.85. The zero-order valence-corrected chi connectivity index (χ0v) is 10.7. The number of carbonyl (C=O) groups excluding carboxylic acids is 2. The molecule has 1 aromatic rings. The zero-order chi connectivity index (χ0) is 15.3. The van der Waals surface area contributed by atoms with Crippen molar-refractivity contribution in [2.24, 2.45) is 5.73 Å². The van der Waals surface area contributed by atoms with Crippen LogP contribution in [0.5, 0.6) is 0 Å². The molecule has 0 unspecified atom stereocenters. The van der Waals surface area contributed by atoms with Gasteiger partial charge in [-0.2, -0.15) is 13.2 Å². The first-order valence-electron chi connectivity index (χ1n) is 5.72. The summed E-state index contributed by atoms with van der Waals surface area (Å²) in [6.07, 6.45) is -4.60. The van der Waals surface area contributed by atoms with Gasteiger partial charge < -0.3 is 11.1 Å². The van der Waals surface area contributed by atoms with E-state index in [1.807, 2.05) is 0 Å². The lowest BCUT2D eigenvalue weighted by atomic mass is 10.1. The summed E-state index contributed by atoms with van der Waals surface area (Å²) in [6, 6.07) is 3.57. The van der Waals surface area contributed by atoms with Crippen molar-refractivity contribution in [2.75, 3.05) is 18.4 Å². The van der Waals surface area contributed by atoms with E-state index in [0.29, 0.717) is 0 Å². The van der Waals surface area contributed by atoms with Crippen molar-refractivity contribution in [1.29, 1.82) is 0 Å². The number of amides is 3. The summed E-state index contributed by atoms with van der Waals surface area (Å²) < 4.78 is 38.3. The van der Waals surface area contributed by atoms with Crippen molar-refractivity contribution in [3.8, 4) is 0 Å². The highest BCUT2D eigenvalue weighted by molar-refractivity contribution is 6.00. The maximum atomic E-state index is 12.8. The fraction of sp³-hybridized carbons (Fsp3) is 0.333. The summed E-state index contributed by atoms with van der Waals surface area (Å²) in [6.45, 7) is 1.08. The van der Waals surface area contributed by atoms with Crippen molar-refractivity contribution < 1.29 is 22.8 Å². The van der Waals surface area contributed by atoms with Gasteiger partial charge in [0, 0.05) is 20.0 Å². The Balaban J connectivity index is 2.98. The number of nitrogens with zero attached hydrogens (tertiary/aromatic N) is 1. The number of benzene rings is 1. The van der Waals surface area contributed by atoms with Crippen LogP contribution in [0.3, 0.4) is 0 Å². The second-order valence-electron chi connectivity index (χ2n) is 3.93. The highest BCUT2D eigenvalue weighted by Crippen LogP contribution is 2.34. The standard InChI is InChI=1S/C12H14F3N3O2/c1-8(19)18(7-6-16)11(20)17-10-5-3-2-4-9(10)12(13,14)15/h2-5H,6-7,16H2,1H3,(H,17,20). The monoisotopic (exact) mass is 289 g/mol. The number of imide groups is 1. The molecule has 3 N–H and O–H groups in total. The number of halogens is 3. The average Bonchev–Trinajstić information content (AvgIpc) is 2.34. The minimum Gasteiger partial charge on any atom is -0.329 e. The lowest BCUT2D eigenvalue weighted by molar-refractivity contribution is -0.136. The van der Waals surface area contributed by atoms with E-state index in [4.69, 9.17) is 5.73 Å². The summed E-state index contributed by atoms with van der Waals surface area (Å²) in [4.78, 5) is 23.8. The van der Waals surface area contributed by atoms with E-state index >= 15 is 0 Å². The SMILES string of the molecule is CC(=O)N(CCN)C(=O)Nc1ccccc1C(F)(F)F. The lowest BCUT2D eigenvalue weighted by Gasteiger charge is -2.20. The Morgan fingerprint density at radius 1 is 1.30 bits per heavy atom. The van der Waals surface area contributed by atoms with E-state index in [1.165, 1.54) is 12.1 Å². The molecule has 0 aromatic heterocycles. The molecule has 0 radical (unpaired) electrons. The third kappa shape index (κ3) is 3.95. The molecule has 0 aliphatic heterocycles. The Hall–Kier alpha value is -2.09. The molecule has 0 aliphatic carbocycles. The Morgan fingerprint density at radius 2 is 1.90 bits per heavy atom. The van der Waals surface area contributed by atoms with Crippen LogP contribution >= 0.6 is 0 Å². The molecule has 0 saturated carbocycles. The largest absolute Gasteiger partial charge is 0.418 e. The summed E-state index contributed by atoms with van der Waals surface area (Å²) in [5.74, 6) is -0.600. The number of rotatable bonds is 3. The molecular weight excluding hydrogens is 275 g/mol. The third-order valence-electron chi connectivity index (χ3n) is 2.45. The van der Waals surface area contributed by atoms with Gasteiger partial charge >= 0.3 is 12.2 Å². The quantitative estimate of drug-likeness (QED) is 0.894. The number of urea groups is 1. The molecule has 1 aromatic carbocycles. The van der Waals surface area contributed by atoms with Gasteiger partial charge in [-0.1, -0.05) is 12.1 Å². The van der Waals surface area contributed by atoms with Crippen molar-refractivity contribution in [1.82, 2.24) is 4.90 Å². The first-order chi connectivity index (χ1) is 9.27. The van der Waals surface area contributed by atoms with Gasteiger partial charge in [0.05, 0.1) is 11.3 Å². The smallest absolute Gasteiger partial charge is 0.329 e. The number of nitrogens with two attached hydrogens (primary N) is 1. The molecule has 0 spiro atoms. The Bertz CT molecular complexity index is 503. The van der Waals surface area contributed by atoms with E-state index in [2.05, 4.69) is 5.32 Å². The number of alkyl halides is 3. The van der Waals surface area contributed by atoms with Crippen molar-refractivity contribution >= 4 is 17.6 Å². The molecule has 3 amide bonds. The van der Waals surface area contributed by atoms with Crippen molar-refractivity contribution in [2.45, 2.75) is 13.1 Å². The fourth-order valence-electron chi connectivity index (χ4n) is 1.55. The number of hydrogen-bond donors (Lipinski definition) is 2. The van der Waals surface area contributed by atoms with Gasteiger partial charge in [0.15, 0.2) is 0 Å². The van der Waals surface area contributed by atoms with E-state index in [9.17, 15) is 22.8 Å². The highest BCUT2D eigenvalue weighted by atomic mass is 19.4. The lowest BCUT2D eigenvalue weighted by Crippen LogP contribution is -2.41. The summed E-state index contributed by atoms with van der Waals surface area (Å²) in [7, 11) is 0. The van der Waals surface area contributed by atoms with Gasteiger partial charge in [0.25, 0.3) is 0 Å². The molecule has 110 valence electrons. The molecular formula is C12H14F3N3O2. The Labute approximate surface area is 113 Å². The molecule has 0 fully saturated rings. The molecule has 8 heteroatoms. The van der Waals surface area contributed by atoms with Gasteiger partial charge in [-0.25, -0.2) is 4.79 Å². The topological polar surface area (TPSA) is 75.4 Å². The first kappa shape index (κ1) is 16.0. The molecule has 0 saturated heterocycles.